The smallest absolute Gasteiger partial charge is 0.324 e. The first kappa shape index (κ1) is 24.2. The molecule has 0 aromatic heterocycles. The lowest BCUT2D eigenvalue weighted by molar-refractivity contribution is -0.124. The van der Waals surface area contributed by atoms with Gasteiger partial charge in [-0.2, -0.15) is 0 Å². The summed E-state index contributed by atoms with van der Waals surface area (Å²) in [5.74, 6) is -0.463. The van der Waals surface area contributed by atoms with Crippen LogP contribution in [-0.2, 0) is 15.8 Å². The van der Waals surface area contributed by atoms with Crippen LogP contribution < -0.4 is 4.90 Å². The molecule has 3 amide bonds. The van der Waals surface area contributed by atoms with E-state index in [0.29, 0.717) is 0 Å². The molecule has 2 aromatic carbocycles. The Morgan fingerprint density at radius 1 is 1.06 bits per heavy atom. The molecule has 0 bridgehead atoms. The van der Waals surface area contributed by atoms with Gasteiger partial charge in [-0.1, -0.05) is 51.3 Å². The third kappa shape index (κ3) is 5.51. The zero-order valence-electron chi connectivity index (χ0n) is 16.5. The first-order chi connectivity index (χ1) is 14.4. The van der Waals surface area contributed by atoms with Gasteiger partial charge in [-0.15, -0.1) is 0 Å². The fraction of sp³-hybridized carbons (Fsp3) is 0.300. The van der Waals surface area contributed by atoms with Crippen molar-refractivity contribution in [1.82, 2.24) is 4.90 Å². The van der Waals surface area contributed by atoms with E-state index in [1.807, 2.05) is 24.3 Å². The Labute approximate surface area is 198 Å². The third-order valence-corrected chi connectivity index (χ3v) is 6.94. The van der Waals surface area contributed by atoms with Crippen LogP contribution in [0.15, 0.2) is 46.9 Å². The fourth-order valence-corrected chi connectivity index (χ4v) is 4.95. The molecule has 1 saturated heterocycles. The molecular formula is C20H20BrCl2N2O5P. The molecule has 1 fully saturated rings. The van der Waals surface area contributed by atoms with Crippen LogP contribution in [0, 0.1) is 0 Å². The van der Waals surface area contributed by atoms with Gasteiger partial charge >= 0.3 is 13.6 Å². The zero-order chi connectivity index (χ0) is 23.0. The predicted molar refractivity (Wildman–Crippen MR) is 124 cm³/mol. The highest BCUT2D eigenvalue weighted by atomic mass is 79.9. The maximum atomic E-state index is 13.5. The normalized spacial score (nSPS) is 19.4. The van der Waals surface area contributed by atoms with Gasteiger partial charge in [0.15, 0.2) is 0 Å². The first-order valence-electron chi connectivity index (χ1n) is 9.32. The Morgan fingerprint density at radius 2 is 1.65 bits per heavy atom. The van der Waals surface area contributed by atoms with Crippen LogP contribution in [0.1, 0.15) is 18.9 Å². The number of hydrogen-bond acceptors (Lipinski definition) is 3. The van der Waals surface area contributed by atoms with Crippen molar-refractivity contribution in [3.63, 3.8) is 0 Å². The van der Waals surface area contributed by atoms with Crippen molar-refractivity contribution in [2.24, 2.45) is 0 Å². The predicted octanol–water partition coefficient (Wildman–Crippen LogP) is 5.09. The maximum Gasteiger partial charge on any atom is 0.332 e. The van der Waals surface area contributed by atoms with Crippen LogP contribution in [0.4, 0.5) is 10.5 Å². The van der Waals surface area contributed by atoms with Crippen LogP contribution in [0.2, 0.25) is 10.0 Å². The van der Waals surface area contributed by atoms with E-state index < -0.39 is 25.1 Å². The molecule has 7 nitrogen and oxygen atoms in total. The molecule has 2 aromatic rings. The zero-order valence-corrected chi connectivity index (χ0v) is 20.5. The Balaban J connectivity index is 1.99. The second-order valence-electron chi connectivity index (χ2n) is 7.52. The van der Waals surface area contributed by atoms with E-state index in [4.69, 9.17) is 23.2 Å². The molecular weight excluding hydrogens is 530 g/mol. The van der Waals surface area contributed by atoms with Gasteiger partial charge in [0.25, 0.3) is 5.91 Å². The summed E-state index contributed by atoms with van der Waals surface area (Å²) in [4.78, 5) is 47.6. The summed E-state index contributed by atoms with van der Waals surface area (Å²) in [6.07, 6.45) is -0.114. The third-order valence-electron chi connectivity index (χ3n) is 5.08. The summed E-state index contributed by atoms with van der Waals surface area (Å²) in [7, 11) is -4.23. The second kappa shape index (κ2) is 9.22. The SMILES string of the molecule is C[C@@]1(Cc2ccc(Br)cc2)C(=O)N(c2cc(Cl)cc(Cl)c2)C(=O)N1CCCP(=O)(O)O. The second-order valence-corrected chi connectivity index (χ2v) is 11.1. The number of hydrogen-bond donors (Lipinski definition) is 2. The maximum absolute atomic E-state index is 13.5. The van der Waals surface area contributed by atoms with Crippen molar-refractivity contribution in [3.05, 3.63) is 62.5 Å². The molecule has 1 aliphatic rings. The average molecular weight is 550 g/mol. The van der Waals surface area contributed by atoms with Crippen molar-refractivity contribution in [1.29, 1.82) is 0 Å². The molecule has 3 rings (SSSR count). The number of anilines is 1. The number of halogens is 3. The van der Waals surface area contributed by atoms with Crippen molar-refractivity contribution < 1.29 is 23.9 Å². The quantitative estimate of drug-likeness (QED) is 0.370. The monoisotopic (exact) mass is 548 g/mol. The number of nitrogens with zero attached hydrogens (tertiary/aromatic N) is 2. The molecule has 1 aliphatic heterocycles. The lowest BCUT2D eigenvalue weighted by atomic mass is 9.91. The number of carbonyl (C=O) groups excluding carboxylic acids is 2. The summed E-state index contributed by atoms with van der Waals surface area (Å²) in [5.41, 5.74) is -0.181. The summed E-state index contributed by atoms with van der Waals surface area (Å²) in [6.45, 7) is 1.66. The molecule has 11 heteroatoms. The minimum Gasteiger partial charge on any atom is -0.324 e. The van der Waals surface area contributed by atoms with E-state index in [0.717, 1.165) is 14.9 Å². The van der Waals surface area contributed by atoms with Gasteiger partial charge in [-0.05, 0) is 49.2 Å². The van der Waals surface area contributed by atoms with Gasteiger partial charge in [-0.25, -0.2) is 9.69 Å². The first-order valence-corrected chi connectivity index (χ1v) is 12.7. The molecule has 31 heavy (non-hydrogen) atoms. The fourth-order valence-electron chi connectivity index (χ4n) is 3.62. The van der Waals surface area contributed by atoms with Crippen LogP contribution in [0.3, 0.4) is 0 Å². The van der Waals surface area contributed by atoms with Crippen LogP contribution in [0.25, 0.3) is 0 Å². The van der Waals surface area contributed by atoms with Crippen LogP contribution in [-0.4, -0.2) is 44.9 Å². The van der Waals surface area contributed by atoms with Gasteiger partial charge in [0.1, 0.15) is 5.54 Å². The number of rotatable bonds is 7. The number of imide groups is 1. The van der Waals surface area contributed by atoms with Crippen LogP contribution >= 0.6 is 46.7 Å². The lowest BCUT2D eigenvalue weighted by Crippen LogP contribution is -2.49. The van der Waals surface area contributed by atoms with Gasteiger partial charge in [-0.3, -0.25) is 9.36 Å². The van der Waals surface area contributed by atoms with Crippen molar-refractivity contribution in [2.75, 3.05) is 17.6 Å². The Kier molecular flexibility index (Phi) is 7.21. The van der Waals surface area contributed by atoms with Gasteiger partial charge < -0.3 is 14.7 Å². The molecule has 1 atom stereocenters. The van der Waals surface area contributed by atoms with E-state index >= 15 is 0 Å². The van der Waals surface area contributed by atoms with Gasteiger partial charge in [0.05, 0.1) is 11.8 Å². The molecule has 0 saturated carbocycles. The summed E-state index contributed by atoms with van der Waals surface area (Å²) < 4.78 is 12.2. The van der Waals surface area contributed by atoms with Crippen LogP contribution in [0.5, 0.6) is 0 Å². The summed E-state index contributed by atoms with van der Waals surface area (Å²) in [6, 6.07) is 11.2. The summed E-state index contributed by atoms with van der Waals surface area (Å²) in [5, 5.41) is 0.551. The highest BCUT2D eigenvalue weighted by molar-refractivity contribution is 9.10. The molecule has 1 heterocycles. The van der Waals surface area contributed by atoms with Gasteiger partial charge in [0, 0.05) is 27.5 Å². The van der Waals surface area contributed by atoms with E-state index in [9.17, 15) is 23.9 Å². The Morgan fingerprint density at radius 3 is 2.19 bits per heavy atom. The van der Waals surface area contributed by atoms with E-state index in [-0.39, 0.29) is 41.3 Å². The Hall–Kier alpha value is -1.41. The Bertz CT molecular complexity index is 1040. The molecule has 2 N–H and O–H groups in total. The van der Waals surface area contributed by atoms with E-state index in [1.54, 1.807) is 6.92 Å². The van der Waals surface area contributed by atoms with Crippen molar-refractivity contribution in [2.45, 2.75) is 25.3 Å². The number of carbonyl (C=O) groups is 2. The largest absolute Gasteiger partial charge is 0.332 e. The van der Waals surface area contributed by atoms with E-state index in [2.05, 4.69) is 15.9 Å². The van der Waals surface area contributed by atoms with Crippen molar-refractivity contribution in [3.8, 4) is 0 Å². The minimum absolute atomic E-state index is 0.00745. The topological polar surface area (TPSA) is 98.2 Å². The average Bonchev–Trinajstić information content (AvgIpc) is 2.82. The number of urea groups is 1. The standard InChI is InChI=1S/C20H20BrCl2N2O5P/c1-20(12-13-3-5-14(21)6-4-13)18(26)25(17-10-15(22)9-16(23)11-17)19(27)24(20)7-2-8-31(28,29)30/h3-6,9-11H,2,7-8,12H2,1H3,(H2,28,29,30)/t20-/m1/s1. The molecule has 166 valence electrons. The minimum atomic E-state index is -4.23. The summed E-state index contributed by atoms with van der Waals surface area (Å²) >= 11 is 15.5. The van der Waals surface area contributed by atoms with Gasteiger partial charge in [0.2, 0.25) is 0 Å². The highest BCUT2D eigenvalue weighted by Crippen LogP contribution is 2.39. The van der Waals surface area contributed by atoms with Crippen molar-refractivity contribution >= 4 is 64.4 Å². The molecule has 0 spiro atoms. The van der Waals surface area contributed by atoms with E-state index in [1.165, 1.54) is 23.1 Å². The molecule has 0 radical (unpaired) electrons. The number of benzene rings is 2. The lowest BCUT2D eigenvalue weighted by Gasteiger charge is -2.32. The molecule has 0 unspecified atom stereocenters. The number of amides is 3. The molecule has 0 aliphatic carbocycles. The highest BCUT2D eigenvalue weighted by Gasteiger charge is 2.54.